The van der Waals surface area contributed by atoms with E-state index in [1.807, 2.05) is 18.2 Å². The molecule has 5 nitrogen and oxygen atoms in total. The number of benzene rings is 9. The highest BCUT2D eigenvalue weighted by molar-refractivity contribution is 6.28. The van der Waals surface area contributed by atoms with E-state index in [4.69, 9.17) is 19.4 Å². The molecule has 3 aromatic heterocycles. The van der Waals surface area contributed by atoms with Crippen LogP contribution in [0.2, 0.25) is 0 Å². The van der Waals surface area contributed by atoms with Crippen LogP contribution in [0.15, 0.2) is 186 Å². The van der Waals surface area contributed by atoms with Gasteiger partial charge in [0.25, 0.3) is 0 Å². The van der Waals surface area contributed by atoms with E-state index in [1.54, 1.807) is 0 Å². The highest BCUT2D eigenvalue weighted by atomic mass is 16.3. The normalized spacial score (nSPS) is 11.9. The fourth-order valence-corrected chi connectivity index (χ4v) is 8.66. The average Bonchev–Trinajstić information content (AvgIpc) is 3.84. The van der Waals surface area contributed by atoms with Crippen LogP contribution in [0.25, 0.3) is 116 Å². The Morgan fingerprint density at radius 1 is 0.375 bits per heavy atom. The van der Waals surface area contributed by atoms with Crippen LogP contribution < -0.4 is 0 Å². The summed E-state index contributed by atoms with van der Waals surface area (Å²) in [6.45, 7) is 0. The van der Waals surface area contributed by atoms with Gasteiger partial charge < -0.3 is 4.42 Å². The lowest BCUT2D eigenvalue weighted by atomic mass is 9.99. The van der Waals surface area contributed by atoms with E-state index in [2.05, 4.69) is 168 Å². The van der Waals surface area contributed by atoms with Crippen LogP contribution in [0.3, 0.4) is 0 Å². The van der Waals surface area contributed by atoms with Crippen molar-refractivity contribution < 1.29 is 4.42 Å². The summed E-state index contributed by atoms with van der Waals surface area (Å²) in [7, 11) is 0. The molecular formula is C51H30N4O. The Morgan fingerprint density at radius 2 is 0.911 bits per heavy atom. The molecule has 260 valence electrons. The third kappa shape index (κ3) is 4.58. The summed E-state index contributed by atoms with van der Waals surface area (Å²) in [5, 5.41) is 11.2. The zero-order chi connectivity index (χ0) is 36.7. The number of furan rings is 1. The predicted molar refractivity (Wildman–Crippen MR) is 230 cm³/mol. The Hall–Kier alpha value is -7.63. The maximum atomic E-state index is 6.62. The standard InChI is InChI=1S/C51H30N4O/c1-2-12-31(13-3-1)32-22-24-35(25-23-32)49-52-50(41-30-36-16-6-9-19-39(36)48-45(41)40-20-10-11-21-44(40)56-48)54-51(53-49)55-42-28-26-33-14-4-7-17-37(33)46(42)47-38-18-8-5-15-34(38)27-29-43(47)55/h1-30H. The first-order chi connectivity index (χ1) is 27.8. The van der Waals surface area contributed by atoms with E-state index in [9.17, 15) is 0 Å². The second kappa shape index (κ2) is 11.9. The third-order valence-electron chi connectivity index (χ3n) is 11.2. The molecule has 9 aromatic carbocycles. The van der Waals surface area contributed by atoms with Crippen molar-refractivity contribution in [3.05, 3.63) is 182 Å². The number of fused-ring (bicyclic) bond motifs is 12. The lowest BCUT2D eigenvalue weighted by molar-refractivity contribution is 0.672. The lowest BCUT2D eigenvalue weighted by Gasteiger charge is -2.13. The van der Waals surface area contributed by atoms with Gasteiger partial charge in [0.05, 0.1) is 11.0 Å². The van der Waals surface area contributed by atoms with Gasteiger partial charge in [-0.05, 0) is 62.3 Å². The molecule has 0 radical (unpaired) electrons. The largest absolute Gasteiger partial charge is 0.455 e. The summed E-state index contributed by atoms with van der Waals surface area (Å²) in [5.41, 5.74) is 7.81. The van der Waals surface area contributed by atoms with E-state index in [1.165, 1.54) is 32.3 Å². The summed E-state index contributed by atoms with van der Waals surface area (Å²) < 4.78 is 8.85. The second-order valence-electron chi connectivity index (χ2n) is 14.4. The summed E-state index contributed by atoms with van der Waals surface area (Å²) in [6.07, 6.45) is 0. The molecule has 0 aliphatic heterocycles. The number of aromatic nitrogens is 4. The van der Waals surface area contributed by atoms with Crippen molar-refractivity contribution in [2.24, 2.45) is 0 Å². The lowest BCUT2D eigenvalue weighted by Crippen LogP contribution is -2.06. The fraction of sp³-hybridized carbons (Fsp3) is 0. The summed E-state index contributed by atoms with van der Waals surface area (Å²) in [4.78, 5) is 16.1. The second-order valence-corrected chi connectivity index (χ2v) is 14.4. The molecule has 0 fully saturated rings. The minimum atomic E-state index is 0.553. The Labute approximate surface area is 320 Å². The van der Waals surface area contributed by atoms with Gasteiger partial charge in [0.1, 0.15) is 11.2 Å². The van der Waals surface area contributed by atoms with Gasteiger partial charge in [-0.15, -0.1) is 0 Å². The molecule has 12 aromatic rings. The zero-order valence-corrected chi connectivity index (χ0v) is 30.0. The summed E-state index contributed by atoms with van der Waals surface area (Å²) in [5.74, 6) is 1.73. The smallest absolute Gasteiger partial charge is 0.238 e. The molecule has 0 atom stereocenters. The van der Waals surface area contributed by atoms with Crippen LogP contribution in [0.4, 0.5) is 0 Å². The zero-order valence-electron chi connectivity index (χ0n) is 30.0. The molecule has 56 heavy (non-hydrogen) atoms. The predicted octanol–water partition coefficient (Wildman–Crippen LogP) is 13.3. The van der Waals surface area contributed by atoms with Crippen LogP contribution in [0, 0.1) is 0 Å². The van der Waals surface area contributed by atoms with Crippen molar-refractivity contribution in [2.75, 3.05) is 0 Å². The number of rotatable bonds is 4. The van der Waals surface area contributed by atoms with Gasteiger partial charge in [-0.25, -0.2) is 4.98 Å². The molecule has 0 saturated carbocycles. The quantitative estimate of drug-likeness (QED) is 0.182. The van der Waals surface area contributed by atoms with E-state index >= 15 is 0 Å². The Balaban J connectivity index is 1.20. The number of para-hydroxylation sites is 1. The van der Waals surface area contributed by atoms with Crippen LogP contribution in [-0.2, 0) is 0 Å². The number of hydrogen-bond donors (Lipinski definition) is 0. The van der Waals surface area contributed by atoms with Crippen LogP contribution in [0.5, 0.6) is 0 Å². The third-order valence-corrected chi connectivity index (χ3v) is 11.2. The van der Waals surface area contributed by atoms with Crippen LogP contribution in [0.1, 0.15) is 0 Å². The molecule has 0 unspecified atom stereocenters. The van der Waals surface area contributed by atoms with Crippen molar-refractivity contribution in [1.29, 1.82) is 0 Å². The van der Waals surface area contributed by atoms with Gasteiger partial charge in [-0.3, -0.25) is 4.57 Å². The molecule has 0 N–H and O–H groups in total. The fourth-order valence-electron chi connectivity index (χ4n) is 8.66. The molecular weight excluding hydrogens is 685 g/mol. The van der Waals surface area contributed by atoms with Crippen molar-refractivity contribution in [1.82, 2.24) is 19.5 Å². The maximum absolute atomic E-state index is 6.62. The van der Waals surface area contributed by atoms with Crippen molar-refractivity contribution >= 4 is 76.1 Å². The molecule has 0 spiro atoms. The minimum Gasteiger partial charge on any atom is -0.455 e. The van der Waals surface area contributed by atoms with Crippen molar-refractivity contribution in [2.45, 2.75) is 0 Å². The van der Waals surface area contributed by atoms with E-state index in [0.29, 0.717) is 17.6 Å². The number of hydrogen-bond acceptors (Lipinski definition) is 4. The Morgan fingerprint density at radius 3 is 1.61 bits per heavy atom. The monoisotopic (exact) mass is 714 g/mol. The molecule has 0 saturated heterocycles. The molecule has 0 aliphatic carbocycles. The van der Waals surface area contributed by atoms with Gasteiger partial charge in [-0.2, -0.15) is 9.97 Å². The highest BCUT2D eigenvalue weighted by Crippen LogP contribution is 2.43. The molecule has 3 heterocycles. The summed E-state index contributed by atoms with van der Waals surface area (Å²) in [6, 6.07) is 63.8. The van der Waals surface area contributed by atoms with Gasteiger partial charge in [0, 0.05) is 38.1 Å². The first kappa shape index (κ1) is 30.8. The molecule has 0 bridgehead atoms. The van der Waals surface area contributed by atoms with Crippen molar-refractivity contribution in [3.63, 3.8) is 0 Å². The number of nitrogens with zero attached hydrogens (tertiary/aromatic N) is 4. The Kier molecular flexibility index (Phi) is 6.56. The average molecular weight is 715 g/mol. The maximum Gasteiger partial charge on any atom is 0.238 e. The SMILES string of the molecule is c1ccc(-c2ccc(-c3nc(-c4cc5ccccc5c5oc6ccccc6c45)nc(-n4c5ccc6ccccc6c5c5c6ccccc6ccc54)n3)cc2)cc1. The van der Waals surface area contributed by atoms with Gasteiger partial charge in [0.2, 0.25) is 5.95 Å². The first-order valence-corrected chi connectivity index (χ1v) is 18.9. The molecule has 5 heteroatoms. The van der Waals surface area contributed by atoms with Crippen LogP contribution >= 0.6 is 0 Å². The van der Waals surface area contributed by atoms with Crippen molar-refractivity contribution in [3.8, 4) is 39.9 Å². The molecule has 0 aliphatic rings. The Bertz CT molecular complexity index is 3430. The highest BCUT2D eigenvalue weighted by Gasteiger charge is 2.23. The van der Waals surface area contributed by atoms with Gasteiger partial charge in [-0.1, -0.05) is 158 Å². The van der Waals surface area contributed by atoms with Crippen LogP contribution in [-0.4, -0.2) is 19.5 Å². The molecule has 0 amide bonds. The van der Waals surface area contributed by atoms with Gasteiger partial charge >= 0.3 is 0 Å². The first-order valence-electron chi connectivity index (χ1n) is 18.9. The van der Waals surface area contributed by atoms with Gasteiger partial charge in [0.15, 0.2) is 11.6 Å². The van der Waals surface area contributed by atoms with E-state index in [-0.39, 0.29) is 0 Å². The topological polar surface area (TPSA) is 56.7 Å². The minimum absolute atomic E-state index is 0.553. The van der Waals surface area contributed by atoms with E-state index in [0.717, 1.165) is 66.0 Å². The molecule has 12 rings (SSSR count). The summed E-state index contributed by atoms with van der Waals surface area (Å²) >= 11 is 0. The van der Waals surface area contributed by atoms with E-state index < -0.39 is 0 Å².